The van der Waals surface area contributed by atoms with Gasteiger partial charge in [0.25, 0.3) is 0 Å². The molecule has 0 saturated carbocycles. The lowest BCUT2D eigenvalue weighted by Crippen LogP contribution is -2.03. The van der Waals surface area contributed by atoms with E-state index in [1.807, 2.05) is 19.1 Å². The van der Waals surface area contributed by atoms with Gasteiger partial charge in [-0.25, -0.2) is 0 Å². The number of hydrogen-bond acceptors (Lipinski definition) is 2. The Balaban J connectivity index is 4.20. The molecule has 0 aliphatic rings. The van der Waals surface area contributed by atoms with Gasteiger partial charge < -0.3 is 10.2 Å². The molecule has 1 atom stereocenters. The van der Waals surface area contributed by atoms with Gasteiger partial charge in [-0.2, -0.15) is 0 Å². The molecule has 1 unspecified atom stereocenters. The molecule has 0 aliphatic heterocycles. The van der Waals surface area contributed by atoms with Crippen molar-refractivity contribution in [3.8, 4) is 0 Å². The molecule has 2 N–H and O–H groups in total. The maximum absolute atomic E-state index is 10.1. The zero-order chi connectivity index (χ0) is 17.0. The minimum absolute atomic E-state index is 0.115. The molecule has 0 heterocycles. The van der Waals surface area contributed by atoms with Crippen molar-refractivity contribution in [2.45, 2.75) is 72.8 Å². The van der Waals surface area contributed by atoms with Gasteiger partial charge in [-0.1, -0.05) is 46.6 Å². The van der Waals surface area contributed by atoms with Gasteiger partial charge in [-0.15, -0.1) is 0 Å². The molecule has 0 radical (unpaired) electrons. The van der Waals surface area contributed by atoms with Gasteiger partial charge in [-0.3, -0.25) is 0 Å². The van der Waals surface area contributed by atoms with E-state index >= 15 is 0 Å². The third-order valence-corrected chi connectivity index (χ3v) is 3.57. The number of aliphatic hydroxyl groups is 2. The van der Waals surface area contributed by atoms with Crippen molar-refractivity contribution in [2.75, 3.05) is 6.61 Å². The molecule has 0 aromatic rings. The molecule has 126 valence electrons. The van der Waals surface area contributed by atoms with Gasteiger partial charge in [0.05, 0.1) is 12.7 Å². The van der Waals surface area contributed by atoms with Crippen LogP contribution < -0.4 is 0 Å². The summed E-state index contributed by atoms with van der Waals surface area (Å²) in [7, 11) is 0. The molecule has 0 bridgehead atoms. The minimum atomic E-state index is -0.392. The fourth-order valence-electron chi connectivity index (χ4n) is 2.28. The molecule has 0 aliphatic carbocycles. The van der Waals surface area contributed by atoms with E-state index in [1.165, 1.54) is 22.3 Å². The van der Waals surface area contributed by atoms with Crippen LogP contribution in [0.2, 0.25) is 0 Å². The van der Waals surface area contributed by atoms with Crippen molar-refractivity contribution in [2.24, 2.45) is 0 Å². The van der Waals surface area contributed by atoms with Gasteiger partial charge in [0, 0.05) is 0 Å². The third kappa shape index (κ3) is 12.6. The van der Waals surface area contributed by atoms with Crippen LogP contribution in [0.15, 0.2) is 46.6 Å². The first-order chi connectivity index (χ1) is 10.3. The van der Waals surface area contributed by atoms with Crippen LogP contribution in [0.3, 0.4) is 0 Å². The SMILES string of the molecule is CC(C)=CCC/C(C)=C/C(O)CC(C)=CCC/C(C)=C/CO. The summed E-state index contributed by atoms with van der Waals surface area (Å²) in [5, 5.41) is 18.9. The Morgan fingerprint density at radius 2 is 1.41 bits per heavy atom. The molecule has 0 fully saturated rings. The van der Waals surface area contributed by atoms with E-state index < -0.39 is 6.10 Å². The summed E-state index contributed by atoms with van der Waals surface area (Å²) in [6.07, 6.45) is 12.5. The van der Waals surface area contributed by atoms with E-state index in [-0.39, 0.29) is 6.61 Å². The van der Waals surface area contributed by atoms with Crippen molar-refractivity contribution in [1.29, 1.82) is 0 Å². The van der Waals surface area contributed by atoms with Crippen molar-refractivity contribution in [3.05, 3.63) is 46.6 Å². The molecule has 2 nitrogen and oxygen atoms in total. The topological polar surface area (TPSA) is 40.5 Å². The molecule has 0 aromatic carbocycles. The molecule has 0 spiro atoms. The second kappa shape index (κ2) is 12.4. The molecule has 0 amide bonds. The second-order valence-corrected chi connectivity index (χ2v) is 6.43. The van der Waals surface area contributed by atoms with Crippen molar-refractivity contribution in [3.63, 3.8) is 0 Å². The van der Waals surface area contributed by atoms with E-state index in [2.05, 4.69) is 39.8 Å². The molecule has 0 rings (SSSR count). The van der Waals surface area contributed by atoms with Crippen molar-refractivity contribution < 1.29 is 10.2 Å². The van der Waals surface area contributed by atoms with E-state index in [0.29, 0.717) is 6.42 Å². The van der Waals surface area contributed by atoms with E-state index in [4.69, 9.17) is 5.11 Å². The second-order valence-electron chi connectivity index (χ2n) is 6.43. The summed E-state index contributed by atoms with van der Waals surface area (Å²) < 4.78 is 0. The summed E-state index contributed by atoms with van der Waals surface area (Å²) in [6, 6.07) is 0. The van der Waals surface area contributed by atoms with Crippen LogP contribution in [0.1, 0.15) is 66.7 Å². The summed E-state index contributed by atoms with van der Waals surface area (Å²) in [6.45, 7) is 10.5. The molecule has 0 saturated heterocycles. The first kappa shape index (κ1) is 20.9. The zero-order valence-corrected chi connectivity index (χ0v) is 15.0. The van der Waals surface area contributed by atoms with E-state index in [9.17, 15) is 5.11 Å². The monoisotopic (exact) mass is 306 g/mol. The first-order valence-electron chi connectivity index (χ1n) is 8.26. The van der Waals surface area contributed by atoms with Crippen LogP contribution in [0, 0.1) is 0 Å². The highest BCUT2D eigenvalue weighted by Crippen LogP contribution is 2.14. The molecule has 22 heavy (non-hydrogen) atoms. The zero-order valence-electron chi connectivity index (χ0n) is 15.0. The van der Waals surface area contributed by atoms with Crippen molar-refractivity contribution >= 4 is 0 Å². The number of aliphatic hydroxyl groups excluding tert-OH is 2. The van der Waals surface area contributed by atoms with Crippen LogP contribution in [0.25, 0.3) is 0 Å². The van der Waals surface area contributed by atoms with Gasteiger partial charge in [0.15, 0.2) is 0 Å². The largest absolute Gasteiger partial charge is 0.392 e. The highest BCUT2D eigenvalue weighted by atomic mass is 16.3. The summed E-state index contributed by atoms with van der Waals surface area (Å²) in [5.74, 6) is 0. The van der Waals surface area contributed by atoms with Gasteiger partial charge in [0.2, 0.25) is 0 Å². The fourth-order valence-corrected chi connectivity index (χ4v) is 2.28. The average Bonchev–Trinajstić information content (AvgIpc) is 2.37. The number of hydrogen-bond donors (Lipinski definition) is 2. The van der Waals surface area contributed by atoms with E-state index in [1.54, 1.807) is 0 Å². The quantitative estimate of drug-likeness (QED) is 0.552. The maximum atomic E-state index is 10.1. The summed E-state index contributed by atoms with van der Waals surface area (Å²) in [4.78, 5) is 0. The smallest absolute Gasteiger partial charge is 0.0760 e. The Morgan fingerprint density at radius 3 is 2.00 bits per heavy atom. The van der Waals surface area contributed by atoms with Crippen LogP contribution >= 0.6 is 0 Å². The van der Waals surface area contributed by atoms with Gasteiger partial charge in [-0.05, 0) is 66.7 Å². The average molecular weight is 306 g/mol. The Hall–Kier alpha value is -1.12. The fraction of sp³-hybridized carbons (Fsp3) is 0.600. The predicted molar refractivity (Wildman–Crippen MR) is 96.9 cm³/mol. The predicted octanol–water partition coefficient (Wildman–Crippen LogP) is 5.10. The van der Waals surface area contributed by atoms with Gasteiger partial charge in [0.1, 0.15) is 0 Å². The lowest BCUT2D eigenvalue weighted by molar-refractivity contribution is 0.222. The van der Waals surface area contributed by atoms with Crippen LogP contribution in [-0.4, -0.2) is 22.9 Å². The Labute approximate surface area is 137 Å². The van der Waals surface area contributed by atoms with Gasteiger partial charge >= 0.3 is 0 Å². The lowest BCUT2D eigenvalue weighted by atomic mass is 10.0. The van der Waals surface area contributed by atoms with Crippen LogP contribution in [-0.2, 0) is 0 Å². The van der Waals surface area contributed by atoms with Crippen LogP contribution in [0.5, 0.6) is 0 Å². The highest BCUT2D eigenvalue weighted by Gasteiger charge is 2.02. The Bertz CT molecular complexity index is 421. The number of rotatable bonds is 10. The third-order valence-electron chi connectivity index (χ3n) is 3.57. The number of allylic oxidation sites excluding steroid dienone is 5. The summed E-state index contributed by atoms with van der Waals surface area (Å²) in [5.41, 5.74) is 5.02. The molecule has 0 aromatic heterocycles. The Morgan fingerprint density at radius 1 is 0.818 bits per heavy atom. The molecule has 2 heteroatoms. The van der Waals surface area contributed by atoms with Crippen LogP contribution in [0.4, 0.5) is 0 Å². The Kier molecular flexibility index (Phi) is 11.8. The van der Waals surface area contributed by atoms with E-state index in [0.717, 1.165) is 25.7 Å². The highest BCUT2D eigenvalue weighted by molar-refractivity contribution is 5.10. The molecular weight excluding hydrogens is 272 g/mol. The molecular formula is C20H34O2. The van der Waals surface area contributed by atoms with Crippen molar-refractivity contribution in [1.82, 2.24) is 0 Å². The first-order valence-corrected chi connectivity index (χ1v) is 8.26. The standard InChI is InChI=1S/C20H34O2/c1-16(2)8-6-10-18(4)14-20(22)15-19(5)11-7-9-17(3)12-13-21/h8,11-12,14,20-22H,6-7,9-10,13,15H2,1-5H3/b17-12+,18-14+,19-11?. The maximum Gasteiger partial charge on any atom is 0.0760 e. The normalized spacial score (nSPS) is 15.0. The summed E-state index contributed by atoms with van der Waals surface area (Å²) >= 11 is 0. The minimum Gasteiger partial charge on any atom is -0.392 e. The lowest BCUT2D eigenvalue weighted by Gasteiger charge is -2.08.